The molecule has 1 unspecified atom stereocenters. The zero-order chi connectivity index (χ0) is 13.3. The highest BCUT2D eigenvalue weighted by Crippen LogP contribution is 2.24. The topological polar surface area (TPSA) is 29.9 Å². The average molecular weight is 247 g/mol. The Balaban J connectivity index is 2.24. The minimum atomic E-state index is -0.208. The molecule has 1 heterocycles. The van der Waals surface area contributed by atoms with Crippen molar-refractivity contribution >= 4 is 5.69 Å². The summed E-state index contributed by atoms with van der Waals surface area (Å²) in [5, 5.41) is 7.75. The van der Waals surface area contributed by atoms with Crippen molar-refractivity contribution in [1.29, 1.82) is 0 Å². The first-order valence-electron chi connectivity index (χ1n) is 6.01. The number of nitrogens with one attached hydrogen (secondary N) is 1. The molecule has 0 saturated heterocycles. The zero-order valence-electron chi connectivity index (χ0n) is 11.2. The average Bonchev–Trinajstić information content (AvgIpc) is 2.56. The Hall–Kier alpha value is -1.84. The van der Waals surface area contributed by atoms with Gasteiger partial charge < -0.3 is 5.32 Å². The fourth-order valence-corrected chi connectivity index (χ4v) is 2.06. The smallest absolute Gasteiger partial charge is 0.123 e. The number of hydrogen-bond acceptors (Lipinski definition) is 2. The van der Waals surface area contributed by atoms with E-state index in [-0.39, 0.29) is 11.9 Å². The van der Waals surface area contributed by atoms with E-state index in [0.717, 1.165) is 22.6 Å². The van der Waals surface area contributed by atoms with Gasteiger partial charge in [0.15, 0.2) is 0 Å². The van der Waals surface area contributed by atoms with Crippen LogP contribution < -0.4 is 5.32 Å². The molecule has 0 radical (unpaired) electrons. The number of nitrogens with zero attached hydrogens (tertiary/aromatic N) is 2. The maximum atomic E-state index is 13.2. The molecule has 1 aromatic carbocycles. The van der Waals surface area contributed by atoms with E-state index in [4.69, 9.17) is 0 Å². The van der Waals surface area contributed by atoms with Crippen LogP contribution in [0.3, 0.4) is 0 Å². The van der Waals surface area contributed by atoms with Gasteiger partial charge in [0.2, 0.25) is 0 Å². The van der Waals surface area contributed by atoms with Crippen molar-refractivity contribution in [2.45, 2.75) is 26.8 Å². The van der Waals surface area contributed by atoms with Crippen molar-refractivity contribution in [3.8, 4) is 0 Å². The lowest BCUT2D eigenvalue weighted by Crippen LogP contribution is -2.08. The van der Waals surface area contributed by atoms with Crippen LogP contribution in [-0.2, 0) is 7.05 Å². The van der Waals surface area contributed by atoms with E-state index in [1.54, 1.807) is 12.1 Å². The highest BCUT2D eigenvalue weighted by molar-refractivity contribution is 5.53. The summed E-state index contributed by atoms with van der Waals surface area (Å²) >= 11 is 0. The van der Waals surface area contributed by atoms with E-state index in [0.29, 0.717) is 0 Å². The molecule has 2 aromatic rings. The van der Waals surface area contributed by atoms with Gasteiger partial charge in [-0.05, 0) is 38.5 Å². The summed E-state index contributed by atoms with van der Waals surface area (Å²) in [5.74, 6) is -0.208. The van der Waals surface area contributed by atoms with Crippen LogP contribution in [-0.4, -0.2) is 9.78 Å². The number of anilines is 1. The van der Waals surface area contributed by atoms with Crippen molar-refractivity contribution in [2.24, 2.45) is 7.05 Å². The maximum Gasteiger partial charge on any atom is 0.123 e. The molecule has 0 aliphatic carbocycles. The molecule has 96 valence electrons. The third-order valence-electron chi connectivity index (χ3n) is 3.22. The fourth-order valence-electron chi connectivity index (χ4n) is 2.06. The number of benzene rings is 1. The summed E-state index contributed by atoms with van der Waals surface area (Å²) in [6.07, 6.45) is 0. The lowest BCUT2D eigenvalue weighted by Gasteiger charge is -2.16. The number of aryl methyl sites for hydroxylation is 2. The van der Waals surface area contributed by atoms with Crippen LogP contribution in [0, 0.1) is 19.7 Å². The first kappa shape index (κ1) is 12.6. The van der Waals surface area contributed by atoms with Crippen LogP contribution in [0.4, 0.5) is 10.1 Å². The molecule has 0 bridgehead atoms. The predicted octanol–water partition coefficient (Wildman–Crippen LogP) is 3.35. The van der Waals surface area contributed by atoms with E-state index >= 15 is 0 Å². The van der Waals surface area contributed by atoms with Crippen LogP contribution >= 0.6 is 0 Å². The summed E-state index contributed by atoms with van der Waals surface area (Å²) < 4.78 is 15.0. The molecular weight excluding hydrogens is 229 g/mol. The first-order chi connectivity index (χ1) is 8.49. The lowest BCUT2D eigenvalue weighted by atomic mass is 10.1. The molecule has 0 amide bonds. The normalized spacial score (nSPS) is 12.5. The summed E-state index contributed by atoms with van der Waals surface area (Å²) in [6, 6.07) is 6.70. The lowest BCUT2D eigenvalue weighted by molar-refractivity contribution is 0.623. The molecule has 0 aliphatic rings. The maximum absolute atomic E-state index is 13.2. The molecule has 0 aliphatic heterocycles. The van der Waals surface area contributed by atoms with Gasteiger partial charge >= 0.3 is 0 Å². The number of halogens is 1. The van der Waals surface area contributed by atoms with E-state index < -0.39 is 0 Å². The Labute approximate surface area is 107 Å². The molecule has 0 spiro atoms. The Morgan fingerprint density at radius 2 is 2.06 bits per heavy atom. The number of hydrogen-bond donors (Lipinski definition) is 1. The monoisotopic (exact) mass is 247 g/mol. The Kier molecular flexibility index (Phi) is 3.36. The second kappa shape index (κ2) is 4.80. The Morgan fingerprint density at radius 1 is 1.33 bits per heavy atom. The SMILES string of the molecule is Cc1nn(C)c(C)c1NC(C)c1cccc(F)c1. The van der Waals surface area contributed by atoms with Gasteiger partial charge in [-0.3, -0.25) is 4.68 Å². The Bertz CT molecular complexity index is 560. The zero-order valence-corrected chi connectivity index (χ0v) is 11.2. The molecule has 0 fully saturated rings. The quantitative estimate of drug-likeness (QED) is 0.901. The Morgan fingerprint density at radius 3 is 2.61 bits per heavy atom. The highest BCUT2D eigenvalue weighted by atomic mass is 19.1. The molecule has 3 nitrogen and oxygen atoms in total. The van der Waals surface area contributed by atoms with Gasteiger partial charge in [-0.15, -0.1) is 0 Å². The van der Waals surface area contributed by atoms with E-state index in [9.17, 15) is 4.39 Å². The van der Waals surface area contributed by atoms with Crippen molar-refractivity contribution in [3.05, 3.63) is 47.0 Å². The van der Waals surface area contributed by atoms with E-state index in [2.05, 4.69) is 10.4 Å². The molecule has 2 rings (SSSR count). The van der Waals surface area contributed by atoms with E-state index in [1.165, 1.54) is 6.07 Å². The van der Waals surface area contributed by atoms with Crippen LogP contribution in [0.5, 0.6) is 0 Å². The van der Waals surface area contributed by atoms with E-state index in [1.807, 2.05) is 38.6 Å². The van der Waals surface area contributed by atoms with Crippen LogP contribution in [0.2, 0.25) is 0 Å². The van der Waals surface area contributed by atoms with Gasteiger partial charge in [0, 0.05) is 13.1 Å². The summed E-state index contributed by atoms with van der Waals surface area (Å²) in [4.78, 5) is 0. The molecule has 0 saturated carbocycles. The summed E-state index contributed by atoms with van der Waals surface area (Å²) in [6.45, 7) is 5.99. The summed E-state index contributed by atoms with van der Waals surface area (Å²) in [7, 11) is 1.92. The van der Waals surface area contributed by atoms with Gasteiger partial charge in [-0.25, -0.2) is 4.39 Å². The van der Waals surface area contributed by atoms with Gasteiger partial charge in [0.05, 0.1) is 17.1 Å². The second-order valence-corrected chi connectivity index (χ2v) is 4.59. The highest BCUT2D eigenvalue weighted by Gasteiger charge is 2.13. The van der Waals surface area contributed by atoms with Gasteiger partial charge in [0.25, 0.3) is 0 Å². The molecule has 4 heteroatoms. The summed E-state index contributed by atoms with van der Waals surface area (Å²) in [5.41, 5.74) is 3.99. The van der Waals surface area contributed by atoms with Gasteiger partial charge in [0.1, 0.15) is 5.82 Å². The van der Waals surface area contributed by atoms with Crippen LogP contribution in [0.15, 0.2) is 24.3 Å². The third kappa shape index (κ3) is 2.37. The van der Waals surface area contributed by atoms with Crippen LogP contribution in [0.1, 0.15) is 29.9 Å². The minimum absolute atomic E-state index is 0.0438. The minimum Gasteiger partial charge on any atom is -0.376 e. The number of aromatic nitrogens is 2. The standard InChI is InChI=1S/C14H18FN3/c1-9(12-6-5-7-13(15)8-12)16-14-10(2)17-18(4)11(14)3/h5-9,16H,1-4H3. The predicted molar refractivity (Wildman–Crippen MR) is 71.1 cm³/mol. The molecule has 1 atom stereocenters. The van der Waals surface area contributed by atoms with Crippen molar-refractivity contribution in [2.75, 3.05) is 5.32 Å². The van der Waals surface area contributed by atoms with Gasteiger partial charge in [-0.1, -0.05) is 12.1 Å². The third-order valence-corrected chi connectivity index (χ3v) is 3.22. The fraction of sp³-hybridized carbons (Fsp3) is 0.357. The number of rotatable bonds is 3. The molecule has 18 heavy (non-hydrogen) atoms. The first-order valence-corrected chi connectivity index (χ1v) is 6.01. The van der Waals surface area contributed by atoms with Crippen molar-refractivity contribution < 1.29 is 4.39 Å². The molecular formula is C14H18FN3. The van der Waals surface area contributed by atoms with Crippen molar-refractivity contribution in [3.63, 3.8) is 0 Å². The molecule has 1 aromatic heterocycles. The largest absolute Gasteiger partial charge is 0.376 e. The molecule has 1 N–H and O–H groups in total. The van der Waals surface area contributed by atoms with Crippen molar-refractivity contribution in [1.82, 2.24) is 9.78 Å². The van der Waals surface area contributed by atoms with Crippen LogP contribution in [0.25, 0.3) is 0 Å². The second-order valence-electron chi connectivity index (χ2n) is 4.59. The van der Waals surface area contributed by atoms with Gasteiger partial charge in [-0.2, -0.15) is 5.10 Å².